The van der Waals surface area contributed by atoms with Gasteiger partial charge in [0.25, 0.3) is 0 Å². The second kappa shape index (κ2) is 4.81. The number of nitrogens with zero attached hydrogens (tertiary/aromatic N) is 1. The fourth-order valence-electron chi connectivity index (χ4n) is 1.31. The van der Waals surface area contributed by atoms with Gasteiger partial charge in [-0.05, 0) is 20.8 Å². The number of morpholine rings is 1. The summed E-state index contributed by atoms with van der Waals surface area (Å²) in [6.07, 6.45) is -0.689. The molecule has 0 aliphatic carbocycles. The van der Waals surface area contributed by atoms with Gasteiger partial charge in [-0.1, -0.05) is 0 Å². The van der Waals surface area contributed by atoms with Crippen LogP contribution < -0.4 is 0 Å². The van der Waals surface area contributed by atoms with E-state index < -0.39 is 5.60 Å². The maximum absolute atomic E-state index is 11.8. The summed E-state index contributed by atoms with van der Waals surface area (Å²) in [5, 5.41) is 0. The Labute approximate surface area is 90.3 Å². The average molecular weight is 217 g/mol. The van der Waals surface area contributed by atoms with Crippen LogP contribution in [0.4, 0.5) is 4.79 Å². The lowest BCUT2D eigenvalue weighted by Gasteiger charge is -2.35. The van der Waals surface area contributed by atoms with Crippen molar-refractivity contribution in [1.82, 2.24) is 4.90 Å². The molecular formula is C10H19NO4. The van der Waals surface area contributed by atoms with Gasteiger partial charge in [-0.3, -0.25) is 4.90 Å². The second-order valence-corrected chi connectivity index (χ2v) is 4.44. The Bertz CT molecular complexity index is 224. The Morgan fingerprint density at radius 1 is 1.47 bits per heavy atom. The van der Waals surface area contributed by atoms with Crippen molar-refractivity contribution < 1.29 is 19.0 Å². The summed E-state index contributed by atoms with van der Waals surface area (Å²) in [4.78, 5) is 13.3. The third-order valence-corrected chi connectivity index (χ3v) is 1.98. The second-order valence-electron chi connectivity index (χ2n) is 4.44. The fourth-order valence-corrected chi connectivity index (χ4v) is 1.31. The Balaban J connectivity index is 2.56. The van der Waals surface area contributed by atoms with Crippen LogP contribution in [-0.2, 0) is 14.2 Å². The monoisotopic (exact) mass is 217 g/mol. The first-order valence-corrected chi connectivity index (χ1v) is 5.04. The van der Waals surface area contributed by atoms with Gasteiger partial charge in [0.2, 0.25) is 0 Å². The third kappa shape index (κ3) is 3.68. The Morgan fingerprint density at radius 2 is 2.13 bits per heavy atom. The first-order chi connectivity index (χ1) is 6.94. The number of methoxy groups -OCH3 is 1. The van der Waals surface area contributed by atoms with Gasteiger partial charge in [0.05, 0.1) is 19.8 Å². The minimum absolute atomic E-state index is 0.339. The van der Waals surface area contributed by atoms with Crippen LogP contribution in [0.15, 0.2) is 0 Å². The van der Waals surface area contributed by atoms with Gasteiger partial charge in [0.1, 0.15) is 5.60 Å². The number of rotatable bonds is 1. The predicted molar refractivity (Wildman–Crippen MR) is 54.6 cm³/mol. The zero-order chi connectivity index (χ0) is 11.5. The van der Waals surface area contributed by atoms with E-state index in [1.807, 2.05) is 20.8 Å². The van der Waals surface area contributed by atoms with E-state index in [1.165, 1.54) is 0 Å². The average Bonchev–Trinajstić information content (AvgIpc) is 2.15. The molecule has 1 heterocycles. The molecule has 1 aliphatic heterocycles. The molecule has 1 fully saturated rings. The molecular weight excluding hydrogens is 198 g/mol. The highest BCUT2D eigenvalue weighted by atomic mass is 16.6. The standard InChI is InChI=1S/C10H19NO4/c1-10(2,3)15-9(12)11-5-6-14-7-8(11)13-4/h8H,5-7H2,1-4H3/t8-/m0/s1. The Hall–Kier alpha value is -0.810. The van der Waals surface area contributed by atoms with Gasteiger partial charge in [0.15, 0.2) is 6.23 Å². The molecule has 15 heavy (non-hydrogen) atoms. The lowest BCUT2D eigenvalue weighted by Crippen LogP contribution is -2.51. The molecule has 88 valence electrons. The van der Waals surface area contributed by atoms with Gasteiger partial charge in [-0.2, -0.15) is 0 Å². The van der Waals surface area contributed by atoms with Crippen LogP contribution in [0.1, 0.15) is 20.8 Å². The van der Waals surface area contributed by atoms with Crippen LogP contribution in [0, 0.1) is 0 Å². The quantitative estimate of drug-likeness (QED) is 0.662. The maximum atomic E-state index is 11.8. The summed E-state index contributed by atoms with van der Waals surface area (Å²) in [7, 11) is 1.55. The van der Waals surface area contributed by atoms with Crippen molar-refractivity contribution in [3.05, 3.63) is 0 Å². The number of hydrogen-bond acceptors (Lipinski definition) is 4. The van der Waals surface area contributed by atoms with E-state index in [1.54, 1.807) is 12.0 Å². The van der Waals surface area contributed by atoms with Crippen molar-refractivity contribution in [3.63, 3.8) is 0 Å². The lowest BCUT2D eigenvalue weighted by molar-refractivity contribution is -0.120. The van der Waals surface area contributed by atoms with Gasteiger partial charge in [0, 0.05) is 7.11 Å². The smallest absolute Gasteiger partial charge is 0.412 e. The predicted octanol–water partition coefficient (Wildman–Crippen LogP) is 1.23. The number of amides is 1. The minimum Gasteiger partial charge on any atom is -0.444 e. The summed E-state index contributed by atoms with van der Waals surface area (Å²) >= 11 is 0. The molecule has 0 aromatic heterocycles. The molecule has 0 bridgehead atoms. The zero-order valence-corrected chi connectivity index (χ0v) is 9.78. The van der Waals surface area contributed by atoms with Crippen LogP contribution in [0.2, 0.25) is 0 Å². The van der Waals surface area contributed by atoms with Crippen molar-refractivity contribution >= 4 is 6.09 Å². The van der Waals surface area contributed by atoms with E-state index in [2.05, 4.69) is 0 Å². The summed E-state index contributed by atoms with van der Waals surface area (Å²) in [6.45, 7) is 6.95. The summed E-state index contributed by atoms with van der Waals surface area (Å²) in [5.74, 6) is 0. The molecule has 0 radical (unpaired) electrons. The third-order valence-electron chi connectivity index (χ3n) is 1.98. The molecule has 1 atom stereocenters. The molecule has 1 aliphatic rings. The van der Waals surface area contributed by atoms with E-state index in [0.717, 1.165) is 0 Å². The molecule has 0 spiro atoms. The molecule has 0 aromatic carbocycles. The van der Waals surface area contributed by atoms with Crippen LogP contribution in [0.5, 0.6) is 0 Å². The van der Waals surface area contributed by atoms with Crippen molar-refractivity contribution in [2.24, 2.45) is 0 Å². The molecule has 0 N–H and O–H groups in total. The number of ether oxygens (including phenoxy) is 3. The van der Waals surface area contributed by atoms with Crippen molar-refractivity contribution in [1.29, 1.82) is 0 Å². The Morgan fingerprint density at radius 3 is 2.67 bits per heavy atom. The van der Waals surface area contributed by atoms with Crippen molar-refractivity contribution in [2.45, 2.75) is 32.6 Å². The van der Waals surface area contributed by atoms with E-state index >= 15 is 0 Å². The van der Waals surface area contributed by atoms with Gasteiger partial charge in [-0.25, -0.2) is 4.79 Å². The first-order valence-electron chi connectivity index (χ1n) is 5.04. The number of carbonyl (C=O) groups excluding carboxylic acids is 1. The normalized spacial score (nSPS) is 22.7. The molecule has 1 rings (SSSR count). The SMILES string of the molecule is CO[C@H]1COCCN1C(=O)OC(C)(C)C. The maximum Gasteiger partial charge on any atom is 0.412 e. The summed E-state index contributed by atoms with van der Waals surface area (Å²) in [6, 6.07) is 0. The first kappa shape index (κ1) is 12.3. The summed E-state index contributed by atoms with van der Waals surface area (Å²) < 4.78 is 15.6. The van der Waals surface area contributed by atoms with Crippen LogP contribution in [-0.4, -0.2) is 49.7 Å². The highest BCUT2D eigenvalue weighted by Gasteiger charge is 2.30. The molecule has 0 aromatic rings. The largest absolute Gasteiger partial charge is 0.444 e. The lowest BCUT2D eigenvalue weighted by atomic mass is 10.2. The van der Waals surface area contributed by atoms with Crippen molar-refractivity contribution in [2.75, 3.05) is 26.9 Å². The molecule has 5 nitrogen and oxygen atoms in total. The number of hydrogen-bond donors (Lipinski definition) is 0. The van der Waals surface area contributed by atoms with E-state index in [9.17, 15) is 4.79 Å². The van der Waals surface area contributed by atoms with Crippen LogP contribution in [0.3, 0.4) is 0 Å². The molecule has 0 unspecified atom stereocenters. The highest BCUT2D eigenvalue weighted by molar-refractivity contribution is 5.68. The Kier molecular flexibility index (Phi) is 3.93. The minimum atomic E-state index is -0.478. The van der Waals surface area contributed by atoms with Gasteiger partial charge < -0.3 is 14.2 Å². The fraction of sp³-hybridized carbons (Fsp3) is 0.900. The van der Waals surface area contributed by atoms with E-state index in [-0.39, 0.29) is 12.3 Å². The van der Waals surface area contributed by atoms with E-state index in [4.69, 9.17) is 14.2 Å². The van der Waals surface area contributed by atoms with Crippen LogP contribution >= 0.6 is 0 Å². The summed E-state index contributed by atoms with van der Waals surface area (Å²) in [5.41, 5.74) is -0.478. The van der Waals surface area contributed by atoms with Gasteiger partial charge >= 0.3 is 6.09 Å². The molecule has 5 heteroatoms. The van der Waals surface area contributed by atoms with E-state index in [0.29, 0.717) is 19.8 Å². The zero-order valence-electron chi connectivity index (χ0n) is 9.78. The van der Waals surface area contributed by atoms with Crippen LogP contribution in [0.25, 0.3) is 0 Å². The van der Waals surface area contributed by atoms with Crippen molar-refractivity contribution in [3.8, 4) is 0 Å². The molecule has 0 saturated carbocycles. The molecule has 1 saturated heterocycles. The highest BCUT2D eigenvalue weighted by Crippen LogP contribution is 2.14. The van der Waals surface area contributed by atoms with Gasteiger partial charge in [-0.15, -0.1) is 0 Å². The molecule has 1 amide bonds. The topological polar surface area (TPSA) is 48.0 Å². The number of carbonyl (C=O) groups is 1.